The number of hydrogen-bond acceptors (Lipinski definition) is 6. The van der Waals surface area contributed by atoms with E-state index < -0.39 is 22.5 Å². The molecule has 0 aliphatic rings. The Balaban J connectivity index is 2.98. The van der Waals surface area contributed by atoms with Gasteiger partial charge in [0.25, 0.3) is 10.0 Å². The Hall–Kier alpha value is -1.03. The molecule has 0 aliphatic carbocycles. The molecule has 0 amide bonds. The number of hydrogen-bond donors (Lipinski definition) is 1. The molecule has 1 aromatic heterocycles. The first-order valence-electron chi connectivity index (χ1n) is 5.01. The third-order valence-electron chi connectivity index (χ3n) is 2.05. The van der Waals surface area contributed by atoms with Crippen LogP contribution < -0.4 is 0 Å². The maximum atomic E-state index is 12.2. The molecular formula is C9H14N2O5S2. The van der Waals surface area contributed by atoms with Crippen molar-refractivity contribution in [2.75, 3.05) is 26.8 Å². The fourth-order valence-corrected chi connectivity index (χ4v) is 3.85. The number of aliphatic carboxylic acids is 1. The molecule has 102 valence electrons. The summed E-state index contributed by atoms with van der Waals surface area (Å²) in [6.45, 7) is 1.20. The van der Waals surface area contributed by atoms with Gasteiger partial charge in [0.15, 0.2) is 4.21 Å². The molecule has 0 saturated carbocycles. The van der Waals surface area contributed by atoms with Gasteiger partial charge in [-0.25, -0.2) is 13.4 Å². The summed E-state index contributed by atoms with van der Waals surface area (Å²) in [5.41, 5.74) is 0. The molecule has 1 rings (SSSR count). The van der Waals surface area contributed by atoms with E-state index >= 15 is 0 Å². The Morgan fingerprint density at radius 2 is 2.28 bits per heavy atom. The maximum absolute atomic E-state index is 12.2. The van der Waals surface area contributed by atoms with Gasteiger partial charge in [-0.05, 0) is 6.92 Å². The molecule has 0 bridgehead atoms. The highest BCUT2D eigenvalue weighted by Crippen LogP contribution is 2.21. The van der Waals surface area contributed by atoms with Crippen molar-refractivity contribution >= 4 is 27.3 Å². The minimum absolute atomic E-state index is 0.0118. The Bertz CT molecular complexity index is 511. The van der Waals surface area contributed by atoms with Crippen LogP contribution >= 0.6 is 11.3 Å². The van der Waals surface area contributed by atoms with Crippen molar-refractivity contribution in [3.05, 3.63) is 11.2 Å². The number of carboxylic acids is 1. The topological polar surface area (TPSA) is 96.8 Å². The highest BCUT2D eigenvalue weighted by Gasteiger charge is 2.28. The van der Waals surface area contributed by atoms with Crippen LogP contribution in [0.4, 0.5) is 0 Å². The highest BCUT2D eigenvalue weighted by molar-refractivity contribution is 7.91. The zero-order valence-corrected chi connectivity index (χ0v) is 11.6. The first kappa shape index (κ1) is 15.0. The van der Waals surface area contributed by atoms with Crippen LogP contribution in [-0.4, -0.2) is 55.6 Å². The van der Waals surface area contributed by atoms with Crippen molar-refractivity contribution in [1.29, 1.82) is 0 Å². The van der Waals surface area contributed by atoms with Crippen molar-refractivity contribution in [3.63, 3.8) is 0 Å². The van der Waals surface area contributed by atoms with Crippen LogP contribution in [0, 0.1) is 6.92 Å². The summed E-state index contributed by atoms with van der Waals surface area (Å²) in [6.07, 6.45) is 1.23. The lowest BCUT2D eigenvalue weighted by atomic mass is 10.6. The van der Waals surface area contributed by atoms with E-state index in [-0.39, 0.29) is 17.4 Å². The Morgan fingerprint density at radius 3 is 2.72 bits per heavy atom. The molecule has 9 heteroatoms. The number of sulfonamides is 1. The van der Waals surface area contributed by atoms with Gasteiger partial charge in [-0.3, -0.25) is 4.79 Å². The van der Waals surface area contributed by atoms with Gasteiger partial charge in [0.1, 0.15) is 6.54 Å². The Labute approximate surface area is 109 Å². The second-order valence-corrected chi connectivity index (χ2v) is 6.82. The summed E-state index contributed by atoms with van der Waals surface area (Å²) in [5, 5.41) is 9.35. The number of rotatable bonds is 7. The Kier molecular flexibility index (Phi) is 5.20. The SMILES string of the molecule is COCCN(CC(=O)O)S(=O)(=O)c1cnc(C)s1. The van der Waals surface area contributed by atoms with Crippen molar-refractivity contribution in [3.8, 4) is 0 Å². The molecule has 0 radical (unpaired) electrons. The van der Waals surface area contributed by atoms with Gasteiger partial charge in [-0.1, -0.05) is 0 Å². The minimum Gasteiger partial charge on any atom is -0.480 e. The zero-order chi connectivity index (χ0) is 13.8. The molecule has 18 heavy (non-hydrogen) atoms. The van der Waals surface area contributed by atoms with E-state index in [1.54, 1.807) is 6.92 Å². The summed E-state index contributed by atoms with van der Waals surface area (Å²) in [6, 6.07) is 0. The van der Waals surface area contributed by atoms with Crippen molar-refractivity contribution in [2.24, 2.45) is 0 Å². The number of methoxy groups -OCH3 is 1. The van der Waals surface area contributed by atoms with E-state index in [0.29, 0.717) is 5.01 Å². The summed E-state index contributed by atoms with van der Waals surface area (Å²) in [5.74, 6) is -1.21. The van der Waals surface area contributed by atoms with Crippen LogP contribution in [0.3, 0.4) is 0 Å². The van der Waals surface area contributed by atoms with Crippen molar-refractivity contribution < 1.29 is 23.1 Å². The predicted octanol–water partition coefficient (Wildman–Crippen LogP) is 0.173. The van der Waals surface area contributed by atoms with Crippen LogP contribution in [0.1, 0.15) is 5.01 Å². The van der Waals surface area contributed by atoms with Crippen molar-refractivity contribution in [1.82, 2.24) is 9.29 Å². The monoisotopic (exact) mass is 294 g/mol. The lowest BCUT2D eigenvalue weighted by Crippen LogP contribution is -2.37. The average Bonchev–Trinajstić information content (AvgIpc) is 2.71. The molecular weight excluding hydrogens is 280 g/mol. The van der Waals surface area contributed by atoms with E-state index in [0.717, 1.165) is 15.6 Å². The fourth-order valence-electron chi connectivity index (χ4n) is 1.22. The van der Waals surface area contributed by atoms with E-state index in [1.165, 1.54) is 13.3 Å². The summed E-state index contributed by atoms with van der Waals surface area (Å²) in [4.78, 5) is 14.6. The molecule has 0 spiro atoms. The van der Waals surface area contributed by atoms with Gasteiger partial charge in [0, 0.05) is 13.7 Å². The summed E-state index contributed by atoms with van der Waals surface area (Å²) in [7, 11) is -2.40. The average molecular weight is 294 g/mol. The van der Waals surface area contributed by atoms with Crippen LogP contribution in [0.25, 0.3) is 0 Å². The number of aromatic nitrogens is 1. The second-order valence-electron chi connectivity index (χ2n) is 3.42. The van der Waals surface area contributed by atoms with Gasteiger partial charge in [-0.15, -0.1) is 11.3 Å². The maximum Gasteiger partial charge on any atom is 0.318 e. The van der Waals surface area contributed by atoms with E-state index in [2.05, 4.69) is 4.98 Å². The molecule has 0 aromatic carbocycles. The van der Waals surface area contributed by atoms with Crippen LogP contribution in [0.15, 0.2) is 10.4 Å². The number of nitrogens with zero attached hydrogens (tertiary/aromatic N) is 2. The first-order chi connectivity index (χ1) is 8.37. The summed E-state index contributed by atoms with van der Waals surface area (Å²) < 4.78 is 30.0. The molecule has 0 saturated heterocycles. The van der Waals surface area contributed by atoms with Crippen LogP contribution in [-0.2, 0) is 19.6 Å². The predicted molar refractivity (Wildman–Crippen MR) is 65.1 cm³/mol. The van der Waals surface area contributed by atoms with E-state index in [4.69, 9.17) is 9.84 Å². The first-order valence-corrected chi connectivity index (χ1v) is 7.27. The number of carbonyl (C=O) groups is 1. The lowest BCUT2D eigenvalue weighted by Gasteiger charge is -2.18. The molecule has 1 heterocycles. The molecule has 0 unspecified atom stereocenters. The molecule has 1 aromatic rings. The third kappa shape index (κ3) is 3.73. The number of ether oxygens (including phenoxy) is 1. The third-order valence-corrected chi connectivity index (χ3v) is 5.25. The Morgan fingerprint density at radius 1 is 1.61 bits per heavy atom. The van der Waals surface area contributed by atoms with E-state index in [9.17, 15) is 13.2 Å². The minimum atomic E-state index is -3.82. The van der Waals surface area contributed by atoms with Gasteiger partial charge in [0.2, 0.25) is 0 Å². The second kappa shape index (κ2) is 6.23. The zero-order valence-electron chi connectivity index (χ0n) is 9.99. The number of carboxylic acid groups (broad SMARTS) is 1. The molecule has 0 aliphatic heterocycles. The van der Waals surface area contributed by atoms with Crippen LogP contribution in [0.5, 0.6) is 0 Å². The molecule has 7 nitrogen and oxygen atoms in total. The molecule has 1 N–H and O–H groups in total. The quantitative estimate of drug-likeness (QED) is 0.770. The van der Waals surface area contributed by atoms with Crippen molar-refractivity contribution in [2.45, 2.75) is 11.1 Å². The largest absolute Gasteiger partial charge is 0.480 e. The normalized spacial score (nSPS) is 11.9. The van der Waals surface area contributed by atoms with Gasteiger partial charge < -0.3 is 9.84 Å². The van der Waals surface area contributed by atoms with Gasteiger partial charge in [0.05, 0.1) is 17.8 Å². The fraction of sp³-hybridized carbons (Fsp3) is 0.556. The van der Waals surface area contributed by atoms with E-state index in [1.807, 2.05) is 0 Å². The number of aryl methyl sites for hydroxylation is 1. The van der Waals surface area contributed by atoms with Crippen LogP contribution in [0.2, 0.25) is 0 Å². The standard InChI is InChI=1S/C9H14N2O5S2/c1-7-10-5-9(17-7)18(14,15)11(3-4-16-2)6-8(12)13/h5H,3-4,6H2,1-2H3,(H,12,13). The van der Waals surface area contributed by atoms with Gasteiger partial charge >= 0.3 is 5.97 Å². The number of thiazole rings is 1. The van der Waals surface area contributed by atoms with Gasteiger partial charge in [-0.2, -0.15) is 4.31 Å². The summed E-state index contributed by atoms with van der Waals surface area (Å²) >= 11 is 1.01. The smallest absolute Gasteiger partial charge is 0.318 e. The molecule has 0 fully saturated rings. The molecule has 0 atom stereocenters. The lowest BCUT2D eigenvalue weighted by molar-refractivity contribution is -0.137. The highest BCUT2D eigenvalue weighted by atomic mass is 32.2.